The molecule has 3 rings (SSSR count). The standard InChI is InChI=1S/C19H21ClN4O2/c1-3-25-17-9-15(10-21-19-22-12-23-24-19)8-16(20)18(17)26-11-14-6-4-5-13(2)7-14/h4-9,12H,3,10-11H2,1-2H3,(H2,21,22,23,24). The van der Waals surface area contributed by atoms with Gasteiger partial charge < -0.3 is 14.8 Å². The highest BCUT2D eigenvalue weighted by atomic mass is 35.5. The second-order valence-electron chi connectivity index (χ2n) is 5.80. The molecule has 0 aliphatic heterocycles. The molecule has 2 N–H and O–H groups in total. The van der Waals surface area contributed by atoms with Crippen molar-refractivity contribution in [1.29, 1.82) is 0 Å². The molecule has 2 aromatic carbocycles. The van der Waals surface area contributed by atoms with E-state index in [1.807, 2.05) is 31.2 Å². The molecule has 0 saturated carbocycles. The van der Waals surface area contributed by atoms with Crippen LogP contribution in [0.5, 0.6) is 11.5 Å². The topological polar surface area (TPSA) is 72.1 Å². The zero-order valence-corrected chi connectivity index (χ0v) is 15.5. The summed E-state index contributed by atoms with van der Waals surface area (Å²) in [4.78, 5) is 4.03. The number of hydrogen-bond donors (Lipinski definition) is 2. The van der Waals surface area contributed by atoms with Gasteiger partial charge in [0, 0.05) is 6.54 Å². The first-order valence-electron chi connectivity index (χ1n) is 8.38. The van der Waals surface area contributed by atoms with Crippen LogP contribution in [-0.2, 0) is 13.2 Å². The molecule has 7 heteroatoms. The Morgan fingerprint density at radius 3 is 2.77 bits per heavy atom. The molecule has 6 nitrogen and oxygen atoms in total. The SMILES string of the molecule is CCOc1cc(CNc2ncn[nH]2)cc(Cl)c1OCc1cccc(C)c1. The second-order valence-corrected chi connectivity index (χ2v) is 6.21. The number of aromatic nitrogens is 3. The first-order chi connectivity index (χ1) is 12.7. The molecule has 0 bridgehead atoms. The molecular formula is C19H21ClN4O2. The quantitative estimate of drug-likeness (QED) is 0.614. The van der Waals surface area contributed by atoms with Gasteiger partial charge in [-0.2, -0.15) is 5.10 Å². The molecule has 136 valence electrons. The summed E-state index contributed by atoms with van der Waals surface area (Å²) in [6.45, 7) is 5.47. The van der Waals surface area contributed by atoms with E-state index in [2.05, 4.69) is 39.6 Å². The number of H-pyrrole nitrogens is 1. The van der Waals surface area contributed by atoms with Crippen LogP contribution >= 0.6 is 11.6 Å². The molecule has 0 radical (unpaired) electrons. The molecule has 0 unspecified atom stereocenters. The van der Waals surface area contributed by atoms with Crippen molar-refractivity contribution in [3.8, 4) is 11.5 Å². The van der Waals surface area contributed by atoms with Crippen molar-refractivity contribution in [1.82, 2.24) is 15.2 Å². The van der Waals surface area contributed by atoms with Gasteiger partial charge in [-0.05, 0) is 37.1 Å². The minimum atomic E-state index is 0.428. The average Bonchev–Trinajstić information content (AvgIpc) is 3.13. The highest BCUT2D eigenvalue weighted by Gasteiger charge is 2.13. The number of nitrogens with zero attached hydrogens (tertiary/aromatic N) is 2. The summed E-state index contributed by atoms with van der Waals surface area (Å²) in [5.74, 6) is 1.78. The summed E-state index contributed by atoms with van der Waals surface area (Å²) in [6.07, 6.45) is 1.45. The van der Waals surface area contributed by atoms with Gasteiger partial charge >= 0.3 is 0 Å². The average molecular weight is 373 g/mol. The Hall–Kier alpha value is -2.73. The predicted molar refractivity (Wildman–Crippen MR) is 102 cm³/mol. The molecule has 0 aliphatic rings. The molecule has 0 saturated heterocycles. The molecule has 0 aliphatic carbocycles. The number of aromatic amines is 1. The van der Waals surface area contributed by atoms with Gasteiger partial charge in [0.2, 0.25) is 5.95 Å². The molecule has 1 aromatic heterocycles. The Morgan fingerprint density at radius 2 is 2.04 bits per heavy atom. The van der Waals surface area contributed by atoms with Gasteiger partial charge in [0.25, 0.3) is 0 Å². The monoisotopic (exact) mass is 372 g/mol. The van der Waals surface area contributed by atoms with Crippen LogP contribution in [-0.4, -0.2) is 21.8 Å². The highest BCUT2D eigenvalue weighted by Crippen LogP contribution is 2.37. The fourth-order valence-electron chi connectivity index (χ4n) is 2.56. The van der Waals surface area contributed by atoms with Gasteiger partial charge in [0.1, 0.15) is 12.9 Å². The summed E-state index contributed by atoms with van der Waals surface area (Å²) in [5.41, 5.74) is 3.23. The molecule has 0 amide bonds. The number of anilines is 1. The van der Waals surface area contributed by atoms with E-state index in [1.165, 1.54) is 11.9 Å². The van der Waals surface area contributed by atoms with E-state index in [-0.39, 0.29) is 0 Å². The Morgan fingerprint density at radius 1 is 1.15 bits per heavy atom. The number of aryl methyl sites for hydroxylation is 1. The maximum Gasteiger partial charge on any atom is 0.218 e. The summed E-state index contributed by atoms with van der Waals surface area (Å²) < 4.78 is 11.7. The van der Waals surface area contributed by atoms with Gasteiger partial charge in [0.05, 0.1) is 11.6 Å². The van der Waals surface area contributed by atoms with E-state index in [0.29, 0.717) is 42.2 Å². The predicted octanol–water partition coefficient (Wildman–Crippen LogP) is 4.36. The lowest BCUT2D eigenvalue weighted by molar-refractivity contribution is 0.269. The van der Waals surface area contributed by atoms with Crippen molar-refractivity contribution in [3.05, 3.63) is 64.4 Å². The lowest BCUT2D eigenvalue weighted by atomic mass is 10.1. The van der Waals surface area contributed by atoms with Crippen LogP contribution in [0.4, 0.5) is 5.95 Å². The largest absolute Gasteiger partial charge is 0.490 e. The van der Waals surface area contributed by atoms with Crippen LogP contribution in [0.2, 0.25) is 5.02 Å². The number of rotatable bonds is 8. The Bertz CT molecular complexity index is 853. The third kappa shape index (κ3) is 4.67. The Kier molecular flexibility index (Phi) is 5.96. The molecule has 0 atom stereocenters. The summed E-state index contributed by atoms with van der Waals surface area (Å²) in [5, 5.41) is 10.2. The zero-order chi connectivity index (χ0) is 18.4. The van der Waals surface area contributed by atoms with E-state index in [0.717, 1.165) is 11.1 Å². The lowest BCUT2D eigenvalue weighted by Crippen LogP contribution is -2.04. The van der Waals surface area contributed by atoms with Crippen LogP contribution < -0.4 is 14.8 Å². The number of halogens is 1. The van der Waals surface area contributed by atoms with Gasteiger partial charge in [0.15, 0.2) is 11.5 Å². The van der Waals surface area contributed by atoms with Gasteiger partial charge in [-0.3, -0.25) is 0 Å². The summed E-state index contributed by atoms with van der Waals surface area (Å²) in [7, 11) is 0. The highest BCUT2D eigenvalue weighted by molar-refractivity contribution is 6.32. The minimum Gasteiger partial charge on any atom is -0.490 e. The second kappa shape index (κ2) is 8.58. The van der Waals surface area contributed by atoms with E-state index in [9.17, 15) is 0 Å². The number of nitrogens with one attached hydrogen (secondary N) is 2. The Balaban J connectivity index is 1.75. The maximum atomic E-state index is 6.46. The van der Waals surface area contributed by atoms with Crippen molar-refractivity contribution in [2.45, 2.75) is 27.0 Å². The zero-order valence-electron chi connectivity index (χ0n) is 14.8. The molecule has 0 fully saturated rings. The van der Waals surface area contributed by atoms with Crippen LogP contribution in [0.1, 0.15) is 23.6 Å². The number of ether oxygens (including phenoxy) is 2. The van der Waals surface area contributed by atoms with Crippen molar-refractivity contribution < 1.29 is 9.47 Å². The van der Waals surface area contributed by atoms with Gasteiger partial charge in [-0.15, -0.1) is 0 Å². The maximum absolute atomic E-state index is 6.46. The number of hydrogen-bond acceptors (Lipinski definition) is 5. The lowest BCUT2D eigenvalue weighted by Gasteiger charge is -2.16. The van der Waals surface area contributed by atoms with Crippen LogP contribution in [0.15, 0.2) is 42.7 Å². The van der Waals surface area contributed by atoms with E-state index in [1.54, 1.807) is 0 Å². The van der Waals surface area contributed by atoms with Gasteiger partial charge in [-0.1, -0.05) is 41.4 Å². The van der Waals surface area contributed by atoms with Crippen molar-refractivity contribution in [2.75, 3.05) is 11.9 Å². The molecular weight excluding hydrogens is 352 g/mol. The fourth-order valence-corrected chi connectivity index (χ4v) is 2.85. The normalized spacial score (nSPS) is 10.6. The number of benzene rings is 2. The first kappa shape index (κ1) is 18.1. The third-order valence-electron chi connectivity index (χ3n) is 3.71. The molecule has 3 aromatic rings. The Labute approximate surface area is 157 Å². The van der Waals surface area contributed by atoms with Crippen LogP contribution in [0.25, 0.3) is 0 Å². The van der Waals surface area contributed by atoms with Crippen LogP contribution in [0, 0.1) is 6.92 Å². The van der Waals surface area contributed by atoms with Crippen molar-refractivity contribution in [3.63, 3.8) is 0 Å². The third-order valence-corrected chi connectivity index (χ3v) is 3.99. The summed E-state index contributed by atoms with van der Waals surface area (Å²) >= 11 is 6.46. The van der Waals surface area contributed by atoms with E-state index in [4.69, 9.17) is 21.1 Å². The van der Waals surface area contributed by atoms with E-state index >= 15 is 0 Å². The minimum absolute atomic E-state index is 0.428. The molecule has 26 heavy (non-hydrogen) atoms. The fraction of sp³-hybridized carbons (Fsp3) is 0.263. The smallest absolute Gasteiger partial charge is 0.218 e. The molecule has 1 heterocycles. The van der Waals surface area contributed by atoms with Gasteiger partial charge in [-0.25, -0.2) is 10.1 Å². The summed E-state index contributed by atoms with van der Waals surface area (Å²) in [6, 6.07) is 12.0. The first-order valence-corrected chi connectivity index (χ1v) is 8.76. The van der Waals surface area contributed by atoms with Crippen LogP contribution in [0.3, 0.4) is 0 Å². The van der Waals surface area contributed by atoms with Crippen molar-refractivity contribution in [2.24, 2.45) is 0 Å². The van der Waals surface area contributed by atoms with Crippen molar-refractivity contribution >= 4 is 17.5 Å². The molecule has 0 spiro atoms. The van der Waals surface area contributed by atoms with E-state index < -0.39 is 0 Å².